The zero-order valence-electron chi connectivity index (χ0n) is 14.3. The van der Waals surface area contributed by atoms with Crippen molar-refractivity contribution in [2.75, 3.05) is 38.3 Å². The number of hydrogen-bond donors (Lipinski definition) is 2. The van der Waals surface area contributed by atoms with Crippen LogP contribution in [-0.4, -0.2) is 71.3 Å². The summed E-state index contributed by atoms with van der Waals surface area (Å²) in [5.74, 6) is 1.47. The van der Waals surface area contributed by atoms with Crippen molar-refractivity contribution in [3.63, 3.8) is 0 Å². The highest BCUT2D eigenvalue weighted by molar-refractivity contribution is 7.88. The number of nitrogens with one attached hydrogen (secondary N) is 2. The van der Waals surface area contributed by atoms with Crippen LogP contribution in [0.5, 0.6) is 0 Å². The molecule has 0 bridgehead atoms. The van der Waals surface area contributed by atoms with Gasteiger partial charge in [0.05, 0.1) is 12.8 Å². The van der Waals surface area contributed by atoms with Gasteiger partial charge in [-0.25, -0.2) is 23.1 Å². The highest BCUT2D eigenvalue weighted by Crippen LogP contribution is 2.09. The molecule has 1 amide bonds. The molecule has 136 valence electrons. The van der Waals surface area contributed by atoms with Crippen molar-refractivity contribution < 1.29 is 13.2 Å². The number of sulfonamides is 1. The smallest absolute Gasteiger partial charge is 0.235 e. The summed E-state index contributed by atoms with van der Waals surface area (Å²) in [7, 11) is -2.02. The van der Waals surface area contributed by atoms with Gasteiger partial charge in [0.15, 0.2) is 5.82 Å². The third-order valence-electron chi connectivity index (χ3n) is 3.25. The monoisotopic (exact) mass is 367 g/mol. The molecule has 10 nitrogen and oxygen atoms in total. The third-order valence-corrected chi connectivity index (χ3v) is 4.51. The molecule has 0 spiro atoms. The van der Waals surface area contributed by atoms with Gasteiger partial charge >= 0.3 is 0 Å². The highest BCUT2D eigenvalue weighted by atomic mass is 32.2. The molecule has 2 rings (SSSR count). The number of hydrogen-bond acceptors (Lipinski definition) is 7. The van der Waals surface area contributed by atoms with E-state index >= 15 is 0 Å². The fourth-order valence-corrected chi connectivity index (χ4v) is 2.28. The van der Waals surface area contributed by atoms with E-state index in [9.17, 15) is 13.2 Å². The largest absolute Gasteiger partial charge is 0.368 e. The number of carbonyl (C=O) groups excluding carboxylic acids is 1. The van der Waals surface area contributed by atoms with Gasteiger partial charge in [0.1, 0.15) is 11.6 Å². The van der Waals surface area contributed by atoms with Crippen molar-refractivity contribution >= 4 is 21.7 Å². The molecule has 0 aliphatic rings. The second kappa shape index (κ2) is 8.03. The van der Waals surface area contributed by atoms with Crippen LogP contribution in [0.3, 0.4) is 0 Å². The lowest BCUT2D eigenvalue weighted by Gasteiger charge is -2.14. The van der Waals surface area contributed by atoms with E-state index in [0.717, 1.165) is 10.6 Å². The normalized spacial score (nSPS) is 11.5. The summed E-state index contributed by atoms with van der Waals surface area (Å²) >= 11 is 0. The van der Waals surface area contributed by atoms with Crippen LogP contribution in [0, 0.1) is 6.92 Å². The molecule has 0 saturated heterocycles. The molecule has 0 aliphatic carbocycles. The molecule has 25 heavy (non-hydrogen) atoms. The molecule has 2 N–H and O–H groups in total. The predicted molar refractivity (Wildman–Crippen MR) is 92.9 cm³/mol. The molecule has 0 unspecified atom stereocenters. The van der Waals surface area contributed by atoms with E-state index in [1.807, 2.05) is 0 Å². The molecule has 0 fully saturated rings. The summed E-state index contributed by atoms with van der Waals surface area (Å²) < 4.78 is 25.1. The van der Waals surface area contributed by atoms with Gasteiger partial charge in [0, 0.05) is 38.6 Å². The second-order valence-corrected chi connectivity index (χ2v) is 7.49. The van der Waals surface area contributed by atoms with Crippen molar-refractivity contribution in [2.24, 2.45) is 0 Å². The van der Waals surface area contributed by atoms with Gasteiger partial charge in [-0.05, 0) is 13.0 Å². The Kier molecular flexibility index (Phi) is 6.04. The first kappa shape index (κ1) is 18.8. The number of aryl methyl sites for hydroxylation is 1. The van der Waals surface area contributed by atoms with Gasteiger partial charge in [0.25, 0.3) is 0 Å². The zero-order chi connectivity index (χ0) is 18.4. The number of anilines is 1. The molecular weight excluding hydrogens is 346 g/mol. The van der Waals surface area contributed by atoms with Gasteiger partial charge < -0.3 is 10.6 Å². The maximum atomic E-state index is 11.7. The summed E-state index contributed by atoms with van der Waals surface area (Å²) in [6.45, 7) is 2.33. The van der Waals surface area contributed by atoms with E-state index in [1.54, 1.807) is 36.1 Å². The Labute approximate surface area is 146 Å². The lowest BCUT2D eigenvalue weighted by molar-refractivity contribution is -0.121. The molecule has 0 atom stereocenters. The van der Waals surface area contributed by atoms with Gasteiger partial charge in [-0.15, -0.1) is 0 Å². The fourth-order valence-electron chi connectivity index (χ4n) is 1.93. The molecule has 0 aliphatic heterocycles. The number of aromatic nitrogens is 4. The summed E-state index contributed by atoms with van der Waals surface area (Å²) in [4.78, 5) is 20.3. The van der Waals surface area contributed by atoms with Crippen LogP contribution in [0.15, 0.2) is 24.5 Å². The van der Waals surface area contributed by atoms with Crippen molar-refractivity contribution in [2.45, 2.75) is 6.92 Å². The van der Waals surface area contributed by atoms with E-state index in [1.165, 1.54) is 7.05 Å². The number of carbonyl (C=O) groups is 1. The fraction of sp³-hybridized carbons (Fsp3) is 0.429. The van der Waals surface area contributed by atoms with Gasteiger partial charge in [-0.1, -0.05) is 0 Å². The molecule has 11 heteroatoms. The number of nitrogens with zero attached hydrogens (tertiary/aromatic N) is 5. The minimum absolute atomic E-state index is 0.213. The number of amides is 1. The molecule has 0 radical (unpaired) electrons. The molecule has 0 saturated carbocycles. The van der Waals surface area contributed by atoms with E-state index in [2.05, 4.69) is 25.7 Å². The van der Waals surface area contributed by atoms with Crippen LogP contribution < -0.4 is 10.6 Å². The number of likely N-dealkylation sites (N-methyl/N-ethyl adjacent to an activating group) is 1. The van der Waals surface area contributed by atoms with E-state index < -0.39 is 10.0 Å². The first-order chi connectivity index (χ1) is 11.8. The van der Waals surface area contributed by atoms with Crippen LogP contribution >= 0.6 is 0 Å². The van der Waals surface area contributed by atoms with Gasteiger partial charge in [-0.3, -0.25) is 4.79 Å². The topological polar surface area (TPSA) is 122 Å². The lowest BCUT2D eigenvalue weighted by atomic mass is 10.4. The maximum absolute atomic E-state index is 11.7. The Morgan fingerprint density at radius 3 is 2.72 bits per heavy atom. The summed E-state index contributed by atoms with van der Waals surface area (Å²) in [5.41, 5.74) is 0. The van der Waals surface area contributed by atoms with E-state index in [-0.39, 0.29) is 12.5 Å². The Bertz CT molecular complexity index is 821. The first-order valence-electron chi connectivity index (χ1n) is 7.53. The quantitative estimate of drug-likeness (QED) is 0.597. The standard InChI is InChI=1S/C14H21N7O3S/c1-11-18-12(9-13(19-11)21-8-4-5-17-21)15-6-7-16-14(22)10-20(2)25(3,23)24/h4-5,8-9H,6-7,10H2,1-3H3,(H,16,22)(H,15,18,19). The van der Waals surface area contributed by atoms with Crippen LogP contribution in [0.25, 0.3) is 5.82 Å². The minimum Gasteiger partial charge on any atom is -0.368 e. The maximum Gasteiger partial charge on any atom is 0.235 e. The highest BCUT2D eigenvalue weighted by Gasteiger charge is 2.14. The third kappa shape index (κ3) is 5.80. The van der Waals surface area contributed by atoms with Gasteiger partial charge in [-0.2, -0.15) is 9.40 Å². The van der Waals surface area contributed by atoms with Crippen molar-refractivity contribution in [3.05, 3.63) is 30.4 Å². The molecule has 2 heterocycles. The predicted octanol–water partition coefficient (Wildman–Crippen LogP) is -0.610. The average Bonchev–Trinajstić information content (AvgIpc) is 3.04. The van der Waals surface area contributed by atoms with Crippen LogP contribution in [0.4, 0.5) is 5.82 Å². The van der Waals surface area contributed by atoms with Crippen LogP contribution in [0.1, 0.15) is 5.82 Å². The first-order valence-corrected chi connectivity index (χ1v) is 9.38. The molecule has 0 aromatic carbocycles. The average molecular weight is 367 g/mol. The second-order valence-electron chi connectivity index (χ2n) is 5.40. The molecule has 2 aromatic heterocycles. The van der Waals surface area contributed by atoms with Crippen molar-refractivity contribution in [3.8, 4) is 5.82 Å². The summed E-state index contributed by atoms with van der Waals surface area (Å²) in [6, 6.07) is 3.55. The zero-order valence-corrected chi connectivity index (χ0v) is 15.1. The van der Waals surface area contributed by atoms with E-state index in [0.29, 0.717) is 30.5 Å². The van der Waals surface area contributed by atoms with Crippen molar-refractivity contribution in [1.82, 2.24) is 29.4 Å². The molecule has 2 aromatic rings. The number of rotatable bonds is 8. The van der Waals surface area contributed by atoms with Gasteiger partial charge in [0.2, 0.25) is 15.9 Å². The Hall–Kier alpha value is -2.53. The Balaban J connectivity index is 1.83. The Morgan fingerprint density at radius 2 is 2.08 bits per heavy atom. The van der Waals surface area contributed by atoms with E-state index in [4.69, 9.17) is 0 Å². The minimum atomic E-state index is -3.37. The lowest BCUT2D eigenvalue weighted by Crippen LogP contribution is -2.39. The summed E-state index contributed by atoms with van der Waals surface area (Å²) in [6.07, 6.45) is 4.49. The van der Waals surface area contributed by atoms with Crippen LogP contribution in [-0.2, 0) is 14.8 Å². The summed E-state index contributed by atoms with van der Waals surface area (Å²) in [5, 5.41) is 9.86. The molecular formula is C14H21N7O3S. The van der Waals surface area contributed by atoms with Crippen molar-refractivity contribution in [1.29, 1.82) is 0 Å². The SMILES string of the molecule is Cc1nc(NCCNC(=O)CN(C)S(C)(=O)=O)cc(-n2cccn2)n1. The Morgan fingerprint density at radius 1 is 1.32 bits per heavy atom. The van der Waals surface area contributed by atoms with Crippen LogP contribution in [0.2, 0.25) is 0 Å².